The van der Waals surface area contributed by atoms with E-state index in [-0.39, 0.29) is 0 Å². The van der Waals surface area contributed by atoms with Crippen molar-refractivity contribution in [2.24, 2.45) is 7.05 Å². The van der Waals surface area contributed by atoms with Crippen LogP contribution < -0.4 is 10.2 Å². The highest BCUT2D eigenvalue weighted by molar-refractivity contribution is 5.51. The van der Waals surface area contributed by atoms with Gasteiger partial charge in [-0.15, -0.1) is 0 Å². The summed E-state index contributed by atoms with van der Waals surface area (Å²) in [6.45, 7) is 12.6. The molecule has 1 unspecified atom stereocenters. The van der Waals surface area contributed by atoms with Gasteiger partial charge in [-0.2, -0.15) is 5.10 Å². The van der Waals surface area contributed by atoms with E-state index < -0.39 is 0 Å². The van der Waals surface area contributed by atoms with Gasteiger partial charge >= 0.3 is 0 Å². The molecule has 5 heteroatoms. The molecule has 1 aromatic heterocycles. The number of likely N-dealkylation sites (N-methyl/N-ethyl adjacent to an activating group) is 2. The number of rotatable bonds is 8. The second-order valence-electron chi connectivity index (χ2n) is 5.69. The van der Waals surface area contributed by atoms with Crippen molar-refractivity contribution < 1.29 is 0 Å². The molecule has 0 aliphatic carbocycles. The summed E-state index contributed by atoms with van der Waals surface area (Å²) in [7, 11) is 6.29. The predicted octanol–water partition coefficient (Wildman–Crippen LogP) is 1.61. The molecule has 0 spiro atoms. The molecule has 0 aliphatic rings. The van der Waals surface area contributed by atoms with Gasteiger partial charge in [-0.1, -0.05) is 6.92 Å². The Labute approximate surface area is 123 Å². The Morgan fingerprint density at radius 1 is 1.30 bits per heavy atom. The van der Waals surface area contributed by atoms with Crippen molar-refractivity contribution in [3.8, 4) is 0 Å². The predicted molar refractivity (Wildman–Crippen MR) is 86.4 cm³/mol. The quantitative estimate of drug-likeness (QED) is 0.785. The Hall–Kier alpha value is -1.07. The number of nitrogens with one attached hydrogen (secondary N) is 1. The van der Waals surface area contributed by atoms with Crippen LogP contribution in [0.25, 0.3) is 0 Å². The zero-order valence-corrected chi connectivity index (χ0v) is 14.2. The number of nitrogens with zero attached hydrogens (tertiary/aromatic N) is 4. The van der Waals surface area contributed by atoms with E-state index in [1.165, 1.54) is 11.4 Å². The third kappa shape index (κ3) is 3.96. The fourth-order valence-corrected chi connectivity index (χ4v) is 2.80. The zero-order chi connectivity index (χ0) is 15.3. The van der Waals surface area contributed by atoms with Crippen LogP contribution in [0, 0.1) is 6.92 Å². The van der Waals surface area contributed by atoms with Gasteiger partial charge in [-0.05, 0) is 41.4 Å². The van der Waals surface area contributed by atoms with E-state index in [2.05, 4.69) is 62.0 Å². The molecule has 0 aromatic carbocycles. The van der Waals surface area contributed by atoms with Crippen LogP contribution in [0.15, 0.2) is 0 Å². The number of aryl methyl sites for hydroxylation is 2. The van der Waals surface area contributed by atoms with Crippen LogP contribution in [0.3, 0.4) is 0 Å². The summed E-state index contributed by atoms with van der Waals surface area (Å²) < 4.78 is 2.03. The van der Waals surface area contributed by atoms with Gasteiger partial charge in [-0.25, -0.2) is 0 Å². The normalized spacial score (nSPS) is 13.0. The van der Waals surface area contributed by atoms with Gasteiger partial charge in [-0.3, -0.25) is 4.68 Å². The number of hydrogen-bond donors (Lipinski definition) is 1. The topological polar surface area (TPSA) is 36.3 Å². The highest BCUT2D eigenvalue weighted by atomic mass is 15.4. The molecule has 5 nitrogen and oxygen atoms in total. The average Bonchev–Trinajstić information content (AvgIpc) is 2.62. The molecule has 0 fully saturated rings. The molecule has 0 saturated heterocycles. The summed E-state index contributed by atoms with van der Waals surface area (Å²) in [5.41, 5.74) is 2.45. The van der Waals surface area contributed by atoms with E-state index in [4.69, 9.17) is 0 Å². The maximum atomic E-state index is 4.62. The van der Waals surface area contributed by atoms with Crippen molar-refractivity contribution in [3.05, 3.63) is 11.3 Å². The lowest BCUT2D eigenvalue weighted by atomic mass is 10.2. The maximum Gasteiger partial charge on any atom is 0.131 e. The minimum absolute atomic E-state index is 0.463. The highest BCUT2D eigenvalue weighted by Crippen LogP contribution is 2.25. The smallest absolute Gasteiger partial charge is 0.131 e. The minimum atomic E-state index is 0.463. The third-order valence-corrected chi connectivity index (χ3v) is 3.64. The van der Waals surface area contributed by atoms with E-state index >= 15 is 0 Å². The van der Waals surface area contributed by atoms with E-state index in [0.29, 0.717) is 6.04 Å². The lowest BCUT2D eigenvalue weighted by Gasteiger charge is -2.32. The van der Waals surface area contributed by atoms with Crippen LogP contribution in [0.2, 0.25) is 0 Å². The van der Waals surface area contributed by atoms with Crippen molar-refractivity contribution in [1.82, 2.24) is 20.0 Å². The van der Waals surface area contributed by atoms with E-state index in [1.54, 1.807) is 0 Å². The second-order valence-corrected chi connectivity index (χ2v) is 5.69. The molecular weight excluding hydrogens is 250 g/mol. The van der Waals surface area contributed by atoms with Crippen LogP contribution in [0.4, 0.5) is 5.82 Å². The van der Waals surface area contributed by atoms with Crippen molar-refractivity contribution in [2.45, 2.75) is 40.3 Å². The molecule has 1 aromatic rings. The van der Waals surface area contributed by atoms with E-state index in [9.17, 15) is 0 Å². The van der Waals surface area contributed by atoms with Crippen molar-refractivity contribution in [2.75, 3.05) is 38.6 Å². The fraction of sp³-hybridized carbons (Fsp3) is 0.800. The summed E-state index contributed by atoms with van der Waals surface area (Å²) in [5.74, 6) is 1.25. The minimum Gasteiger partial charge on any atom is -0.353 e. The standard InChI is InChI=1S/C15H31N5/c1-8-16-10-14-13(4)17-19(7)15(14)20(9-2)12(3)11-18(5)6/h12,16H,8-11H2,1-7H3. The van der Waals surface area contributed by atoms with Crippen LogP contribution in [-0.4, -0.2) is 54.5 Å². The van der Waals surface area contributed by atoms with Crippen molar-refractivity contribution >= 4 is 5.82 Å². The van der Waals surface area contributed by atoms with E-state index in [1.807, 2.05) is 11.7 Å². The molecule has 116 valence electrons. The van der Waals surface area contributed by atoms with Crippen molar-refractivity contribution in [1.29, 1.82) is 0 Å². The average molecular weight is 281 g/mol. The summed E-state index contributed by atoms with van der Waals surface area (Å²) in [4.78, 5) is 4.69. The van der Waals surface area contributed by atoms with Gasteiger partial charge < -0.3 is 15.1 Å². The Balaban J connectivity index is 3.07. The number of anilines is 1. The van der Waals surface area contributed by atoms with Gasteiger partial charge in [0.15, 0.2) is 0 Å². The van der Waals surface area contributed by atoms with Crippen LogP contribution in [0.1, 0.15) is 32.0 Å². The molecule has 1 N–H and O–H groups in total. The van der Waals surface area contributed by atoms with Gasteiger partial charge in [0.25, 0.3) is 0 Å². The third-order valence-electron chi connectivity index (χ3n) is 3.64. The second kappa shape index (κ2) is 7.64. The summed E-state index contributed by atoms with van der Waals surface area (Å²) in [6, 6.07) is 0.463. The monoisotopic (exact) mass is 281 g/mol. The molecule has 0 amide bonds. The van der Waals surface area contributed by atoms with Gasteiger partial charge in [0, 0.05) is 38.3 Å². The molecule has 0 aliphatic heterocycles. The first kappa shape index (κ1) is 17.0. The summed E-state index contributed by atoms with van der Waals surface area (Å²) in [6.07, 6.45) is 0. The SMILES string of the molecule is CCNCc1c(C)nn(C)c1N(CC)C(C)CN(C)C. The zero-order valence-electron chi connectivity index (χ0n) is 14.2. The first-order chi connectivity index (χ1) is 9.42. The number of hydrogen-bond acceptors (Lipinski definition) is 4. The van der Waals surface area contributed by atoms with E-state index in [0.717, 1.165) is 31.9 Å². The van der Waals surface area contributed by atoms with Crippen LogP contribution in [-0.2, 0) is 13.6 Å². The highest BCUT2D eigenvalue weighted by Gasteiger charge is 2.22. The molecule has 0 bridgehead atoms. The van der Waals surface area contributed by atoms with Gasteiger partial charge in [0.05, 0.1) is 5.69 Å². The Bertz CT molecular complexity index is 411. The fourth-order valence-electron chi connectivity index (χ4n) is 2.80. The number of aromatic nitrogens is 2. The molecular formula is C15H31N5. The molecule has 0 radical (unpaired) electrons. The summed E-state index contributed by atoms with van der Waals surface area (Å²) >= 11 is 0. The first-order valence-corrected chi connectivity index (χ1v) is 7.56. The maximum absolute atomic E-state index is 4.62. The summed E-state index contributed by atoms with van der Waals surface area (Å²) in [5, 5.41) is 8.04. The van der Waals surface area contributed by atoms with Crippen molar-refractivity contribution in [3.63, 3.8) is 0 Å². The molecule has 0 saturated carbocycles. The van der Waals surface area contributed by atoms with Crippen LogP contribution >= 0.6 is 0 Å². The van der Waals surface area contributed by atoms with Gasteiger partial charge in [0.2, 0.25) is 0 Å². The molecule has 20 heavy (non-hydrogen) atoms. The largest absolute Gasteiger partial charge is 0.353 e. The lowest BCUT2D eigenvalue weighted by Crippen LogP contribution is -2.41. The Morgan fingerprint density at radius 3 is 2.45 bits per heavy atom. The Kier molecular flexibility index (Phi) is 6.49. The van der Waals surface area contributed by atoms with Gasteiger partial charge in [0.1, 0.15) is 5.82 Å². The molecule has 1 rings (SSSR count). The Morgan fingerprint density at radius 2 is 1.95 bits per heavy atom. The molecule has 1 heterocycles. The van der Waals surface area contributed by atoms with Crippen LogP contribution in [0.5, 0.6) is 0 Å². The lowest BCUT2D eigenvalue weighted by molar-refractivity contribution is 0.370. The first-order valence-electron chi connectivity index (χ1n) is 7.56. The molecule has 1 atom stereocenters.